The molecule has 1 aromatic rings. The Bertz CT molecular complexity index is 449. The fourth-order valence-electron chi connectivity index (χ4n) is 2.59. The van der Waals surface area contributed by atoms with Crippen LogP contribution in [0.2, 0.25) is 0 Å². The molecular formula is C14H20N2OS. The molecule has 2 N–H and O–H groups in total. The highest BCUT2D eigenvalue weighted by Crippen LogP contribution is 2.28. The van der Waals surface area contributed by atoms with Gasteiger partial charge < -0.3 is 10.3 Å². The molecule has 18 heavy (non-hydrogen) atoms. The zero-order chi connectivity index (χ0) is 12.8. The Morgan fingerprint density at radius 3 is 2.94 bits per heavy atom. The van der Waals surface area contributed by atoms with Crippen LogP contribution < -0.4 is 5.32 Å². The second-order valence-electron chi connectivity index (χ2n) is 4.96. The van der Waals surface area contributed by atoms with Crippen LogP contribution in [0.15, 0.2) is 18.3 Å². The number of carbonyl (C=O) groups is 1. The molecule has 1 saturated carbocycles. The summed E-state index contributed by atoms with van der Waals surface area (Å²) in [4.78, 5) is 14.7. The molecule has 1 heterocycles. The third-order valence-electron chi connectivity index (χ3n) is 3.61. The Balaban J connectivity index is 1.72. The van der Waals surface area contributed by atoms with Crippen LogP contribution in [0.25, 0.3) is 0 Å². The van der Waals surface area contributed by atoms with E-state index in [2.05, 4.69) is 10.3 Å². The van der Waals surface area contributed by atoms with Crippen molar-refractivity contribution < 1.29 is 4.79 Å². The summed E-state index contributed by atoms with van der Waals surface area (Å²) >= 11 is 5.08. The van der Waals surface area contributed by atoms with Crippen LogP contribution in [0, 0.1) is 10.6 Å². The lowest BCUT2D eigenvalue weighted by molar-refractivity contribution is 0.0951. The molecule has 0 saturated heterocycles. The monoisotopic (exact) mass is 264 g/mol. The van der Waals surface area contributed by atoms with Crippen LogP contribution in [0.1, 0.15) is 48.9 Å². The van der Waals surface area contributed by atoms with Crippen LogP contribution in [0.5, 0.6) is 0 Å². The average Bonchev–Trinajstić information content (AvgIpc) is 2.88. The highest BCUT2D eigenvalue weighted by atomic mass is 32.1. The molecule has 3 nitrogen and oxygen atoms in total. The topological polar surface area (TPSA) is 44.9 Å². The SMILES string of the molecule is O=C(NCCCC1CCCC1)c1ccc[nH]c1=S. The molecular weight excluding hydrogens is 244 g/mol. The molecule has 1 aliphatic rings. The van der Waals surface area contributed by atoms with Crippen molar-refractivity contribution >= 4 is 18.1 Å². The van der Waals surface area contributed by atoms with Gasteiger partial charge in [-0.15, -0.1) is 0 Å². The van der Waals surface area contributed by atoms with Crippen LogP contribution >= 0.6 is 12.2 Å². The number of hydrogen-bond donors (Lipinski definition) is 2. The van der Waals surface area contributed by atoms with Gasteiger partial charge in [-0.25, -0.2) is 0 Å². The molecule has 1 aliphatic carbocycles. The van der Waals surface area contributed by atoms with Crippen LogP contribution in [-0.4, -0.2) is 17.4 Å². The van der Waals surface area contributed by atoms with E-state index < -0.39 is 0 Å². The third kappa shape index (κ3) is 3.67. The van der Waals surface area contributed by atoms with E-state index in [1.165, 1.54) is 32.1 Å². The fraction of sp³-hybridized carbons (Fsp3) is 0.571. The van der Waals surface area contributed by atoms with Crippen molar-refractivity contribution in [3.05, 3.63) is 28.5 Å². The van der Waals surface area contributed by atoms with Crippen molar-refractivity contribution in [1.82, 2.24) is 10.3 Å². The smallest absolute Gasteiger partial charge is 0.254 e. The standard InChI is InChI=1S/C14H20N2OS/c17-13(12-8-4-10-16-14(12)18)15-9-3-7-11-5-1-2-6-11/h4,8,10-11H,1-3,5-7,9H2,(H,15,17)(H,16,18). The average molecular weight is 264 g/mol. The van der Waals surface area contributed by atoms with Crippen molar-refractivity contribution in [3.8, 4) is 0 Å². The van der Waals surface area contributed by atoms with Gasteiger partial charge in [-0.3, -0.25) is 4.79 Å². The normalized spacial score (nSPS) is 15.8. The van der Waals surface area contributed by atoms with Gasteiger partial charge in [-0.2, -0.15) is 0 Å². The van der Waals surface area contributed by atoms with Crippen molar-refractivity contribution in [2.24, 2.45) is 5.92 Å². The summed E-state index contributed by atoms with van der Waals surface area (Å²) in [7, 11) is 0. The molecule has 2 rings (SSSR count). The largest absolute Gasteiger partial charge is 0.352 e. The van der Waals surface area contributed by atoms with Gasteiger partial charge >= 0.3 is 0 Å². The quantitative estimate of drug-likeness (QED) is 0.632. The lowest BCUT2D eigenvalue weighted by atomic mass is 10.0. The third-order valence-corrected chi connectivity index (χ3v) is 3.95. The number of pyridine rings is 1. The van der Waals surface area contributed by atoms with Crippen LogP contribution in [0.4, 0.5) is 0 Å². The van der Waals surface area contributed by atoms with Crippen LogP contribution in [-0.2, 0) is 0 Å². The Labute approximate surface area is 113 Å². The second-order valence-corrected chi connectivity index (χ2v) is 5.37. The molecule has 1 amide bonds. The van der Waals surface area contributed by atoms with E-state index in [-0.39, 0.29) is 5.91 Å². The summed E-state index contributed by atoms with van der Waals surface area (Å²) in [6.45, 7) is 0.749. The molecule has 4 heteroatoms. The number of aromatic amines is 1. The zero-order valence-corrected chi connectivity index (χ0v) is 11.4. The number of aromatic nitrogens is 1. The fourth-order valence-corrected chi connectivity index (χ4v) is 2.82. The van der Waals surface area contributed by atoms with E-state index in [0.717, 1.165) is 18.9 Å². The van der Waals surface area contributed by atoms with E-state index in [0.29, 0.717) is 10.2 Å². The molecule has 0 bridgehead atoms. The van der Waals surface area contributed by atoms with Crippen molar-refractivity contribution in [1.29, 1.82) is 0 Å². The molecule has 0 atom stereocenters. The van der Waals surface area contributed by atoms with Gasteiger partial charge in [0, 0.05) is 12.7 Å². The van der Waals surface area contributed by atoms with Gasteiger partial charge in [0.15, 0.2) is 0 Å². The second kappa shape index (κ2) is 6.69. The number of hydrogen-bond acceptors (Lipinski definition) is 2. The predicted octanol–water partition coefficient (Wildman–Crippen LogP) is 3.44. The summed E-state index contributed by atoms with van der Waals surface area (Å²) in [6.07, 6.45) is 9.56. The number of rotatable bonds is 5. The molecule has 0 aliphatic heterocycles. The van der Waals surface area contributed by atoms with Gasteiger partial charge in [0.05, 0.1) is 5.56 Å². The molecule has 0 radical (unpaired) electrons. The number of H-pyrrole nitrogens is 1. The first kappa shape index (κ1) is 13.3. The molecule has 98 valence electrons. The van der Waals surface area contributed by atoms with Gasteiger partial charge in [-0.1, -0.05) is 37.9 Å². The summed E-state index contributed by atoms with van der Waals surface area (Å²) in [6, 6.07) is 3.55. The summed E-state index contributed by atoms with van der Waals surface area (Å²) in [5, 5.41) is 2.94. The Morgan fingerprint density at radius 2 is 2.22 bits per heavy atom. The molecule has 1 fully saturated rings. The van der Waals surface area contributed by atoms with Gasteiger partial charge in [0.25, 0.3) is 5.91 Å². The van der Waals surface area contributed by atoms with E-state index in [9.17, 15) is 4.79 Å². The molecule has 0 spiro atoms. The van der Waals surface area contributed by atoms with E-state index >= 15 is 0 Å². The minimum Gasteiger partial charge on any atom is -0.352 e. The predicted molar refractivity (Wildman–Crippen MR) is 75.2 cm³/mol. The maximum Gasteiger partial charge on any atom is 0.254 e. The van der Waals surface area contributed by atoms with Crippen LogP contribution in [0.3, 0.4) is 0 Å². The maximum absolute atomic E-state index is 11.9. The number of nitrogens with one attached hydrogen (secondary N) is 2. The highest BCUT2D eigenvalue weighted by molar-refractivity contribution is 7.71. The first-order chi connectivity index (χ1) is 8.77. The molecule has 0 unspecified atom stereocenters. The minimum absolute atomic E-state index is 0.0664. The van der Waals surface area contributed by atoms with Crippen molar-refractivity contribution in [2.75, 3.05) is 6.54 Å². The Hall–Kier alpha value is -1.16. The lowest BCUT2D eigenvalue weighted by Crippen LogP contribution is -2.25. The van der Waals surface area contributed by atoms with Gasteiger partial charge in [0.1, 0.15) is 4.64 Å². The zero-order valence-electron chi connectivity index (χ0n) is 10.6. The highest BCUT2D eigenvalue weighted by Gasteiger charge is 2.14. The Morgan fingerprint density at radius 1 is 1.44 bits per heavy atom. The van der Waals surface area contributed by atoms with Crippen molar-refractivity contribution in [2.45, 2.75) is 38.5 Å². The van der Waals surface area contributed by atoms with Crippen molar-refractivity contribution in [3.63, 3.8) is 0 Å². The first-order valence-electron chi connectivity index (χ1n) is 6.73. The maximum atomic E-state index is 11.9. The van der Waals surface area contributed by atoms with Gasteiger partial charge in [-0.05, 0) is 30.9 Å². The van der Waals surface area contributed by atoms with E-state index in [1.54, 1.807) is 18.3 Å². The Kier molecular flexibility index (Phi) is 4.93. The summed E-state index contributed by atoms with van der Waals surface area (Å²) in [5.41, 5.74) is 0.563. The minimum atomic E-state index is -0.0664. The van der Waals surface area contributed by atoms with E-state index in [1.807, 2.05) is 0 Å². The van der Waals surface area contributed by atoms with E-state index in [4.69, 9.17) is 12.2 Å². The summed E-state index contributed by atoms with van der Waals surface area (Å²) in [5.74, 6) is 0.824. The number of amides is 1. The summed E-state index contributed by atoms with van der Waals surface area (Å²) < 4.78 is 0.505. The number of carbonyl (C=O) groups excluding carboxylic acids is 1. The molecule has 0 aromatic carbocycles. The first-order valence-corrected chi connectivity index (χ1v) is 7.14. The van der Waals surface area contributed by atoms with Gasteiger partial charge in [0.2, 0.25) is 0 Å². The lowest BCUT2D eigenvalue weighted by Gasteiger charge is -2.09. The molecule has 1 aromatic heterocycles.